The summed E-state index contributed by atoms with van der Waals surface area (Å²) in [6, 6.07) is 10.1. The van der Waals surface area contributed by atoms with Crippen LogP contribution >= 0.6 is 23.2 Å². The van der Waals surface area contributed by atoms with Gasteiger partial charge < -0.3 is 10.6 Å². The summed E-state index contributed by atoms with van der Waals surface area (Å²) in [5, 5.41) is 5.55. The lowest BCUT2D eigenvalue weighted by molar-refractivity contribution is -0.115. The van der Waals surface area contributed by atoms with Crippen LogP contribution in [0.4, 0.5) is 10.1 Å². The van der Waals surface area contributed by atoms with Gasteiger partial charge in [-0.05, 0) is 30.3 Å². The van der Waals surface area contributed by atoms with Crippen LogP contribution in [0.1, 0.15) is 10.4 Å². The van der Waals surface area contributed by atoms with E-state index in [2.05, 4.69) is 10.6 Å². The van der Waals surface area contributed by atoms with E-state index in [1.165, 1.54) is 36.4 Å². The third-order valence-electron chi connectivity index (χ3n) is 2.73. The number of anilines is 1. The van der Waals surface area contributed by atoms with Gasteiger partial charge in [0.1, 0.15) is 5.82 Å². The Labute approximate surface area is 136 Å². The molecule has 7 heteroatoms. The van der Waals surface area contributed by atoms with Crippen molar-refractivity contribution in [2.45, 2.75) is 0 Å². The Hall–Kier alpha value is -2.11. The third-order valence-corrected chi connectivity index (χ3v) is 3.47. The SMILES string of the molecule is O=C(CNC(=O)c1ccccc1F)Nc1ccc(Cl)c(Cl)c1. The molecule has 0 aliphatic carbocycles. The molecular formula is C15H11Cl2FN2O2. The van der Waals surface area contributed by atoms with E-state index in [-0.39, 0.29) is 12.1 Å². The molecule has 2 amide bonds. The van der Waals surface area contributed by atoms with Crippen LogP contribution in [0.15, 0.2) is 42.5 Å². The van der Waals surface area contributed by atoms with Crippen molar-refractivity contribution in [3.05, 3.63) is 63.9 Å². The highest BCUT2D eigenvalue weighted by Gasteiger charge is 2.12. The summed E-state index contributed by atoms with van der Waals surface area (Å²) < 4.78 is 13.4. The molecule has 0 unspecified atom stereocenters. The van der Waals surface area contributed by atoms with Crippen LogP contribution in [0.5, 0.6) is 0 Å². The summed E-state index contributed by atoms with van der Waals surface area (Å²) in [6.07, 6.45) is 0. The fourth-order valence-corrected chi connectivity index (χ4v) is 1.98. The topological polar surface area (TPSA) is 58.2 Å². The van der Waals surface area contributed by atoms with E-state index in [1.807, 2.05) is 0 Å². The molecule has 0 atom stereocenters. The highest BCUT2D eigenvalue weighted by molar-refractivity contribution is 6.42. The van der Waals surface area contributed by atoms with Gasteiger partial charge in [0.05, 0.1) is 22.2 Å². The maximum atomic E-state index is 13.4. The van der Waals surface area contributed by atoms with Gasteiger partial charge in [-0.1, -0.05) is 35.3 Å². The lowest BCUT2D eigenvalue weighted by Crippen LogP contribution is -2.33. The maximum Gasteiger partial charge on any atom is 0.254 e. The second-order valence-corrected chi connectivity index (χ2v) is 5.15. The molecule has 0 heterocycles. The first-order valence-corrected chi connectivity index (χ1v) is 7.00. The zero-order chi connectivity index (χ0) is 16.1. The molecule has 22 heavy (non-hydrogen) atoms. The van der Waals surface area contributed by atoms with Crippen molar-refractivity contribution in [1.82, 2.24) is 5.32 Å². The number of amides is 2. The van der Waals surface area contributed by atoms with Crippen molar-refractivity contribution in [3.63, 3.8) is 0 Å². The molecule has 0 spiro atoms. The van der Waals surface area contributed by atoms with Crippen LogP contribution in [0.2, 0.25) is 10.0 Å². The van der Waals surface area contributed by atoms with Crippen LogP contribution in [-0.2, 0) is 4.79 Å². The number of rotatable bonds is 4. The first-order chi connectivity index (χ1) is 10.5. The Morgan fingerprint density at radius 1 is 1.05 bits per heavy atom. The minimum Gasteiger partial charge on any atom is -0.343 e. The summed E-state index contributed by atoms with van der Waals surface area (Å²) in [5.41, 5.74) is 0.323. The zero-order valence-electron chi connectivity index (χ0n) is 11.2. The molecule has 0 aromatic heterocycles. The molecule has 2 aromatic carbocycles. The van der Waals surface area contributed by atoms with Crippen LogP contribution < -0.4 is 10.6 Å². The van der Waals surface area contributed by atoms with Crippen LogP contribution in [0.3, 0.4) is 0 Å². The van der Waals surface area contributed by atoms with E-state index in [0.717, 1.165) is 0 Å². The normalized spacial score (nSPS) is 10.1. The van der Waals surface area contributed by atoms with Crippen LogP contribution in [0.25, 0.3) is 0 Å². The average Bonchev–Trinajstić information content (AvgIpc) is 2.49. The summed E-state index contributed by atoms with van der Waals surface area (Å²) in [5.74, 6) is -1.78. The number of carbonyl (C=O) groups excluding carboxylic acids is 2. The monoisotopic (exact) mass is 340 g/mol. The number of hydrogen-bond acceptors (Lipinski definition) is 2. The van der Waals surface area contributed by atoms with Gasteiger partial charge in [-0.3, -0.25) is 9.59 Å². The van der Waals surface area contributed by atoms with E-state index in [4.69, 9.17) is 23.2 Å². The standard InChI is InChI=1S/C15H11Cl2FN2O2/c16-11-6-5-9(7-12(11)17)20-14(21)8-19-15(22)10-3-1-2-4-13(10)18/h1-7H,8H2,(H,19,22)(H,20,21). The van der Waals surface area contributed by atoms with Crippen LogP contribution in [-0.4, -0.2) is 18.4 Å². The molecule has 0 saturated heterocycles. The second kappa shape index (κ2) is 7.24. The van der Waals surface area contributed by atoms with E-state index >= 15 is 0 Å². The lowest BCUT2D eigenvalue weighted by atomic mass is 10.2. The van der Waals surface area contributed by atoms with Gasteiger partial charge in [0.2, 0.25) is 5.91 Å². The molecule has 0 saturated carbocycles. The average molecular weight is 341 g/mol. The summed E-state index contributed by atoms with van der Waals surface area (Å²) >= 11 is 11.6. The molecule has 0 fully saturated rings. The predicted octanol–water partition coefficient (Wildman–Crippen LogP) is 3.50. The third kappa shape index (κ3) is 4.19. The molecule has 2 rings (SSSR count). The first-order valence-electron chi connectivity index (χ1n) is 6.25. The highest BCUT2D eigenvalue weighted by atomic mass is 35.5. The van der Waals surface area contributed by atoms with Gasteiger partial charge in [0.15, 0.2) is 0 Å². The minimum absolute atomic E-state index is 0.121. The van der Waals surface area contributed by atoms with Crippen molar-refractivity contribution in [2.75, 3.05) is 11.9 Å². The van der Waals surface area contributed by atoms with Crippen molar-refractivity contribution >= 4 is 40.7 Å². The molecule has 0 aliphatic rings. The molecule has 0 bridgehead atoms. The van der Waals surface area contributed by atoms with Gasteiger partial charge in [0, 0.05) is 5.69 Å². The quantitative estimate of drug-likeness (QED) is 0.894. The van der Waals surface area contributed by atoms with Crippen molar-refractivity contribution in [2.24, 2.45) is 0 Å². The van der Waals surface area contributed by atoms with Gasteiger partial charge in [0.25, 0.3) is 5.91 Å². The Bertz CT molecular complexity index is 722. The Morgan fingerprint density at radius 3 is 2.45 bits per heavy atom. The molecule has 4 nitrogen and oxygen atoms in total. The Morgan fingerprint density at radius 2 is 1.77 bits per heavy atom. The van der Waals surface area contributed by atoms with Crippen molar-refractivity contribution in [3.8, 4) is 0 Å². The van der Waals surface area contributed by atoms with Crippen molar-refractivity contribution < 1.29 is 14.0 Å². The largest absolute Gasteiger partial charge is 0.343 e. The molecule has 114 valence electrons. The fraction of sp³-hybridized carbons (Fsp3) is 0.0667. The highest BCUT2D eigenvalue weighted by Crippen LogP contribution is 2.24. The molecule has 0 radical (unpaired) electrons. The van der Waals surface area contributed by atoms with Gasteiger partial charge in [-0.15, -0.1) is 0 Å². The minimum atomic E-state index is -0.664. The van der Waals surface area contributed by atoms with E-state index in [1.54, 1.807) is 6.07 Å². The van der Waals surface area contributed by atoms with Crippen LogP contribution in [0, 0.1) is 5.82 Å². The van der Waals surface area contributed by atoms with Gasteiger partial charge in [-0.2, -0.15) is 0 Å². The number of hydrogen-bond donors (Lipinski definition) is 2. The number of carbonyl (C=O) groups is 2. The summed E-state index contributed by atoms with van der Waals surface area (Å²) in [7, 11) is 0. The summed E-state index contributed by atoms with van der Waals surface area (Å²) in [6.45, 7) is -0.298. The zero-order valence-corrected chi connectivity index (χ0v) is 12.7. The molecule has 0 aliphatic heterocycles. The smallest absolute Gasteiger partial charge is 0.254 e. The molecule has 2 aromatic rings. The fourth-order valence-electron chi connectivity index (χ4n) is 1.68. The lowest BCUT2D eigenvalue weighted by Gasteiger charge is -2.08. The number of halogens is 3. The Kier molecular flexibility index (Phi) is 5.35. The van der Waals surface area contributed by atoms with E-state index in [9.17, 15) is 14.0 Å². The maximum absolute atomic E-state index is 13.4. The molecular weight excluding hydrogens is 330 g/mol. The summed E-state index contributed by atoms with van der Waals surface area (Å²) in [4.78, 5) is 23.5. The van der Waals surface area contributed by atoms with Gasteiger partial charge >= 0.3 is 0 Å². The molecule has 2 N–H and O–H groups in total. The van der Waals surface area contributed by atoms with Crippen molar-refractivity contribution in [1.29, 1.82) is 0 Å². The second-order valence-electron chi connectivity index (χ2n) is 4.34. The predicted molar refractivity (Wildman–Crippen MR) is 83.8 cm³/mol. The van der Waals surface area contributed by atoms with E-state index < -0.39 is 17.6 Å². The number of nitrogens with one attached hydrogen (secondary N) is 2. The number of benzene rings is 2. The Balaban J connectivity index is 1.91. The first kappa shape index (κ1) is 16.3. The van der Waals surface area contributed by atoms with Gasteiger partial charge in [-0.25, -0.2) is 4.39 Å². The van der Waals surface area contributed by atoms with E-state index in [0.29, 0.717) is 15.7 Å².